The average molecular weight is 339 g/mol. The van der Waals surface area contributed by atoms with Gasteiger partial charge in [0, 0.05) is 24.9 Å². The number of para-hydroxylation sites is 2. The van der Waals surface area contributed by atoms with E-state index in [1.807, 2.05) is 0 Å². The lowest BCUT2D eigenvalue weighted by atomic mass is 9.69. The summed E-state index contributed by atoms with van der Waals surface area (Å²) < 4.78 is 0. The fourth-order valence-corrected chi connectivity index (χ4v) is 3.94. The van der Waals surface area contributed by atoms with E-state index in [2.05, 4.69) is 40.2 Å². The molecule has 20 heavy (non-hydrogen) atoms. The molecule has 3 nitrogen and oxygen atoms in total. The molecule has 2 fully saturated rings. The second kappa shape index (κ2) is 6.61. The van der Waals surface area contributed by atoms with Crippen LogP contribution in [-0.2, 0) is 0 Å². The molecule has 2 aliphatic heterocycles. The Morgan fingerprint density at radius 2 is 1.35 bits per heavy atom. The van der Waals surface area contributed by atoms with E-state index in [0.29, 0.717) is 11.8 Å². The van der Waals surface area contributed by atoms with Gasteiger partial charge in [0.15, 0.2) is 0 Å². The predicted octanol–water partition coefficient (Wildman–Crippen LogP) is 3.51. The first-order chi connectivity index (χ1) is 8.38. The topological polar surface area (TPSA) is 36.1 Å². The summed E-state index contributed by atoms with van der Waals surface area (Å²) in [6, 6.07) is 8.61. The molecule has 1 saturated heterocycles. The smallest absolute Gasteiger partial charge is 0.116 e. The maximum atomic E-state index is 3.80. The normalized spacial score (nSPS) is 27.8. The quantitative estimate of drug-likeness (QED) is 0.677. The van der Waals surface area contributed by atoms with E-state index < -0.39 is 0 Å². The zero-order chi connectivity index (χ0) is 11.3. The molecule has 1 aliphatic carbocycles. The Hall–Kier alpha value is -0.350. The third-order valence-corrected chi connectivity index (χ3v) is 4.78. The number of halogens is 3. The van der Waals surface area contributed by atoms with E-state index >= 15 is 0 Å². The first-order valence-corrected chi connectivity index (χ1v) is 6.74. The Morgan fingerprint density at radius 1 is 0.850 bits per heavy atom. The molecule has 4 rings (SSSR count). The SMILES string of the molecule is Cl.Cl.Cl.c1ccc2c(c1)NC1(N2)C2CCCC1CNC2. The highest BCUT2D eigenvalue weighted by Gasteiger charge is 2.52. The van der Waals surface area contributed by atoms with Crippen molar-refractivity contribution in [1.82, 2.24) is 5.32 Å². The summed E-state index contributed by atoms with van der Waals surface area (Å²) in [5, 5.41) is 11.2. The lowest BCUT2D eigenvalue weighted by Gasteiger charge is -2.51. The maximum absolute atomic E-state index is 3.80. The summed E-state index contributed by atoms with van der Waals surface area (Å²) in [7, 11) is 0. The minimum Gasteiger partial charge on any atom is -0.361 e. The van der Waals surface area contributed by atoms with E-state index in [1.54, 1.807) is 0 Å². The zero-order valence-electron chi connectivity index (χ0n) is 11.2. The van der Waals surface area contributed by atoms with Gasteiger partial charge in [0.2, 0.25) is 0 Å². The van der Waals surface area contributed by atoms with Gasteiger partial charge in [-0.25, -0.2) is 0 Å². The summed E-state index contributed by atoms with van der Waals surface area (Å²) in [6.45, 7) is 2.29. The molecule has 2 bridgehead atoms. The van der Waals surface area contributed by atoms with Crippen LogP contribution >= 0.6 is 37.2 Å². The van der Waals surface area contributed by atoms with Gasteiger partial charge in [0.05, 0.1) is 11.4 Å². The summed E-state index contributed by atoms with van der Waals surface area (Å²) in [5.74, 6) is 1.42. The van der Waals surface area contributed by atoms with Crippen molar-refractivity contribution in [2.24, 2.45) is 11.8 Å². The number of benzene rings is 1. The van der Waals surface area contributed by atoms with Crippen molar-refractivity contribution in [1.29, 1.82) is 0 Å². The Bertz CT molecular complexity index is 406. The molecule has 0 radical (unpaired) electrons. The lowest BCUT2D eigenvalue weighted by molar-refractivity contribution is 0.117. The van der Waals surface area contributed by atoms with Crippen LogP contribution in [0.25, 0.3) is 0 Å². The molecule has 0 amide bonds. The van der Waals surface area contributed by atoms with Gasteiger partial charge >= 0.3 is 0 Å². The van der Waals surface area contributed by atoms with Crippen LogP contribution in [0.5, 0.6) is 0 Å². The average Bonchev–Trinajstić information content (AvgIpc) is 2.67. The van der Waals surface area contributed by atoms with E-state index in [-0.39, 0.29) is 42.9 Å². The summed E-state index contributed by atoms with van der Waals surface area (Å²) in [5.41, 5.74) is 2.70. The predicted molar refractivity (Wildman–Crippen MR) is 91.9 cm³/mol. The molecule has 1 aromatic rings. The molecule has 1 spiro atoms. The van der Waals surface area contributed by atoms with E-state index in [4.69, 9.17) is 0 Å². The molecular formula is C14H22Cl3N3. The highest BCUT2D eigenvalue weighted by atomic mass is 35.5. The van der Waals surface area contributed by atoms with Gasteiger partial charge in [-0.15, -0.1) is 37.2 Å². The van der Waals surface area contributed by atoms with Gasteiger partial charge in [-0.2, -0.15) is 0 Å². The first kappa shape index (κ1) is 17.7. The first-order valence-electron chi connectivity index (χ1n) is 6.74. The van der Waals surface area contributed by atoms with Crippen molar-refractivity contribution in [2.45, 2.75) is 24.9 Å². The third-order valence-electron chi connectivity index (χ3n) is 4.78. The molecule has 114 valence electrons. The van der Waals surface area contributed by atoms with Crippen molar-refractivity contribution in [3.05, 3.63) is 24.3 Å². The Balaban J connectivity index is 0.000000667. The highest BCUT2D eigenvalue weighted by Crippen LogP contribution is 2.48. The van der Waals surface area contributed by atoms with Gasteiger partial charge in [-0.05, 0) is 25.0 Å². The van der Waals surface area contributed by atoms with Crippen LogP contribution < -0.4 is 16.0 Å². The second-order valence-corrected chi connectivity index (χ2v) is 5.65. The van der Waals surface area contributed by atoms with E-state index in [9.17, 15) is 0 Å². The number of hydrogen-bond acceptors (Lipinski definition) is 3. The van der Waals surface area contributed by atoms with Crippen LogP contribution in [0, 0.1) is 11.8 Å². The van der Waals surface area contributed by atoms with Crippen molar-refractivity contribution in [2.75, 3.05) is 23.7 Å². The molecule has 1 saturated carbocycles. The molecule has 3 aliphatic rings. The third kappa shape index (κ3) is 2.45. The number of fused-ring (bicyclic) bond motifs is 1. The van der Waals surface area contributed by atoms with Gasteiger partial charge in [0.25, 0.3) is 0 Å². The highest BCUT2D eigenvalue weighted by molar-refractivity contribution is 5.86. The monoisotopic (exact) mass is 337 g/mol. The lowest BCUT2D eigenvalue weighted by Crippen LogP contribution is -2.65. The van der Waals surface area contributed by atoms with Crippen LogP contribution in [0.4, 0.5) is 11.4 Å². The number of piperidine rings is 1. The molecule has 2 atom stereocenters. The Kier molecular flexibility index (Phi) is 5.85. The fourth-order valence-electron chi connectivity index (χ4n) is 3.94. The molecular weight excluding hydrogens is 317 g/mol. The van der Waals surface area contributed by atoms with Gasteiger partial charge in [-0.3, -0.25) is 0 Å². The summed E-state index contributed by atoms with van der Waals surface area (Å²) in [6.07, 6.45) is 4.05. The number of anilines is 2. The summed E-state index contributed by atoms with van der Waals surface area (Å²) in [4.78, 5) is 0. The Labute approximate surface area is 138 Å². The second-order valence-electron chi connectivity index (χ2n) is 5.65. The van der Waals surface area contributed by atoms with E-state index in [0.717, 1.165) is 13.1 Å². The zero-order valence-corrected chi connectivity index (χ0v) is 13.7. The summed E-state index contributed by atoms with van der Waals surface area (Å²) >= 11 is 0. The molecule has 2 unspecified atom stereocenters. The fraction of sp³-hybridized carbons (Fsp3) is 0.571. The molecule has 0 aromatic heterocycles. The minimum absolute atomic E-state index is 0. The van der Waals surface area contributed by atoms with Crippen molar-refractivity contribution >= 4 is 48.6 Å². The maximum Gasteiger partial charge on any atom is 0.116 e. The van der Waals surface area contributed by atoms with Crippen molar-refractivity contribution in [3.8, 4) is 0 Å². The number of hydrogen-bond donors (Lipinski definition) is 3. The molecule has 2 heterocycles. The molecule has 3 N–H and O–H groups in total. The van der Waals surface area contributed by atoms with Crippen LogP contribution in [0.1, 0.15) is 19.3 Å². The Morgan fingerprint density at radius 3 is 1.85 bits per heavy atom. The number of nitrogens with one attached hydrogen (secondary N) is 3. The van der Waals surface area contributed by atoms with Crippen molar-refractivity contribution < 1.29 is 0 Å². The number of rotatable bonds is 0. The van der Waals surface area contributed by atoms with Gasteiger partial charge in [0.1, 0.15) is 5.66 Å². The standard InChI is InChI=1S/C14H19N3.3ClH/c1-2-7-13-12(6-1)16-14(17-13)10-4-3-5-11(14)9-15-8-10;;;/h1-2,6-7,10-11,15-17H,3-5,8-9H2;3*1H. The van der Waals surface area contributed by atoms with Crippen LogP contribution in [0.2, 0.25) is 0 Å². The minimum atomic E-state index is 0. The van der Waals surface area contributed by atoms with Crippen LogP contribution in [0.15, 0.2) is 24.3 Å². The van der Waals surface area contributed by atoms with Crippen LogP contribution in [-0.4, -0.2) is 18.8 Å². The molecule has 1 aromatic carbocycles. The van der Waals surface area contributed by atoms with Crippen molar-refractivity contribution in [3.63, 3.8) is 0 Å². The van der Waals surface area contributed by atoms with Gasteiger partial charge < -0.3 is 16.0 Å². The molecule has 6 heteroatoms. The van der Waals surface area contributed by atoms with E-state index in [1.165, 1.54) is 30.6 Å². The van der Waals surface area contributed by atoms with Crippen LogP contribution in [0.3, 0.4) is 0 Å². The van der Waals surface area contributed by atoms with Gasteiger partial charge in [-0.1, -0.05) is 18.6 Å². The largest absolute Gasteiger partial charge is 0.361 e.